The normalized spacial score (nSPS) is 10.3. The third-order valence-corrected chi connectivity index (χ3v) is 5.26. The van der Waals surface area contributed by atoms with Crippen LogP contribution in [-0.4, -0.2) is 29.7 Å². The first-order valence-electron chi connectivity index (χ1n) is 9.53. The highest BCUT2D eigenvalue weighted by Gasteiger charge is 2.32. The summed E-state index contributed by atoms with van der Waals surface area (Å²) in [4.78, 5) is 11.9. The van der Waals surface area contributed by atoms with Gasteiger partial charge in [0.05, 0.1) is 14.2 Å². The van der Waals surface area contributed by atoms with Crippen LogP contribution in [0, 0.1) is 0 Å². The number of benzene rings is 2. The molecule has 0 unspecified atom stereocenters. The van der Waals surface area contributed by atoms with E-state index in [0.717, 1.165) is 11.1 Å². The standard InChI is InChI=1S/C23H27O6Si/c1-6-9-17-11-13-19(21(15-17)25-4)27-30(29-23(24)8-3)28-20-14-12-18(10-7-2)16-22(20)26-5/h6-7,11-16H,1-2,8-10H2,3-5H3. The Labute approximate surface area is 179 Å². The van der Waals surface area contributed by atoms with Gasteiger partial charge >= 0.3 is 9.53 Å². The molecule has 0 saturated carbocycles. The third-order valence-electron chi connectivity index (χ3n) is 4.09. The summed E-state index contributed by atoms with van der Waals surface area (Å²) in [6.07, 6.45) is 5.21. The minimum atomic E-state index is -2.52. The highest BCUT2D eigenvalue weighted by Crippen LogP contribution is 2.32. The summed E-state index contributed by atoms with van der Waals surface area (Å²) in [5, 5.41) is 0. The number of ether oxygens (including phenoxy) is 2. The van der Waals surface area contributed by atoms with Crippen LogP contribution in [-0.2, 0) is 22.1 Å². The van der Waals surface area contributed by atoms with Crippen LogP contribution in [0.5, 0.6) is 23.0 Å². The first-order chi connectivity index (χ1) is 14.5. The predicted octanol–water partition coefficient (Wildman–Crippen LogP) is 4.56. The topological polar surface area (TPSA) is 63.2 Å². The molecule has 30 heavy (non-hydrogen) atoms. The van der Waals surface area contributed by atoms with Crippen molar-refractivity contribution in [1.82, 2.24) is 0 Å². The second-order valence-electron chi connectivity index (χ2n) is 6.24. The van der Waals surface area contributed by atoms with Crippen LogP contribution in [0.1, 0.15) is 24.5 Å². The van der Waals surface area contributed by atoms with Crippen molar-refractivity contribution in [3.63, 3.8) is 0 Å². The maximum Gasteiger partial charge on any atom is 0.820 e. The van der Waals surface area contributed by atoms with Crippen LogP contribution in [0.3, 0.4) is 0 Å². The highest BCUT2D eigenvalue weighted by molar-refractivity contribution is 6.41. The molecule has 0 aromatic heterocycles. The molecule has 2 rings (SSSR count). The van der Waals surface area contributed by atoms with Gasteiger partial charge in [0.15, 0.2) is 23.0 Å². The number of allylic oxidation sites excluding steroid dienone is 2. The smallest absolute Gasteiger partial charge is 0.493 e. The van der Waals surface area contributed by atoms with Gasteiger partial charge in [0.2, 0.25) is 0 Å². The van der Waals surface area contributed by atoms with E-state index in [-0.39, 0.29) is 6.42 Å². The van der Waals surface area contributed by atoms with Crippen molar-refractivity contribution in [2.45, 2.75) is 26.2 Å². The molecular weight excluding hydrogens is 400 g/mol. The molecule has 0 bridgehead atoms. The number of hydrogen-bond acceptors (Lipinski definition) is 6. The number of methoxy groups -OCH3 is 2. The number of carbonyl (C=O) groups excluding carboxylic acids is 1. The van der Waals surface area contributed by atoms with E-state index < -0.39 is 15.5 Å². The molecule has 0 fully saturated rings. The van der Waals surface area contributed by atoms with Crippen LogP contribution in [0.25, 0.3) is 0 Å². The molecule has 2 aromatic rings. The molecule has 0 spiro atoms. The van der Waals surface area contributed by atoms with E-state index in [2.05, 4.69) is 13.2 Å². The second-order valence-corrected chi connectivity index (χ2v) is 7.35. The summed E-state index contributed by atoms with van der Waals surface area (Å²) in [5.74, 6) is 1.45. The lowest BCUT2D eigenvalue weighted by Gasteiger charge is -2.19. The third kappa shape index (κ3) is 6.42. The van der Waals surface area contributed by atoms with Gasteiger partial charge in [0, 0.05) is 6.42 Å². The molecule has 0 amide bonds. The second kappa shape index (κ2) is 11.7. The minimum absolute atomic E-state index is 0.200. The van der Waals surface area contributed by atoms with E-state index in [1.807, 2.05) is 24.3 Å². The number of rotatable bonds is 12. The molecule has 0 heterocycles. The first-order valence-corrected chi connectivity index (χ1v) is 10.8. The largest absolute Gasteiger partial charge is 0.820 e. The zero-order valence-corrected chi connectivity index (χ0v) is 18.6. The van der Waals surface area contributed by atoms with E-state index in [9.17, 15) is 4.79 Å². The Morgan fingerprint density at radius 3 is 1.70 bits per heavy atom. The van der Waals surface area contributed by atoms with Crippen LogP contribution in [0.4, 0.5) is 0 Å². The van der Waals surface area contributed by atoms with Crippen molar-refractivity contribution in [3.05, 3.63) is 72.8 Å². The van der Waals surface area contributed by atoms with Crippen molar-refractivity contribution < 1.29 is 27.5 Å². The van der Waals surface area contributed by atoms with Crippen molar-refractivity contribution in [2.75, 3.05) is 14.2 Å². The molecule has 0 atom stereocenters. The minimum Gasteiger partial charge on any atom is -0.493 e. The van der Waals surface area contributed by atoms with Crippen molar-refractivity contribution in [2.24, 2.45) is 0 Å². The lowest BCUT2D eigenvalue weighted by atomic mass is 10.1. The van der Waals surface area contributed by atoms with Gasteiger partial charge in [-0.15, -0.1) is 13.2 Å². The predicted molar refractivity (Wildman–Crippen MR) is 117 cm³/mol. The molecule has 0 N–H and O–H groups in total. The summed E-state index contributed by atoms with van der Waals surface area (Å²) in [6, 6.07) is 11.0. The Balaban J connectivity index is 2.30. The number of carbonyl (C=O) groups is 1. The van der Waals surface area contributed by atoms with Gasteiger partial charge in [-0.2, -0.15) is 0 Å². The van der Waals surface area contributed by atoms with E-state index in [4.69, 9.17) is 22.8 Å². The van der Waals surface area contributed by atoms with Gasteiger partial charge in [-0.3, -0.25) is 4.79 Å². The quantitative estimate of drug-likeness (QED) is 0.366. The maximum absolute atomic E-state index is 11.9. The lowest BCUT2D eigenvalue weighted by molar-refractivity contribution is -0.136. The van der Waals surface area contributed by atoms with Gasteiger partial charge in [-0.05, 0) is 48.2 Å². The Morgan fingerprint density at radius 1 is 0.867 bits per heavy atom. The van der Waals surface area contributed by atoms with Crippen molar-refractivity contribution in [3.8, 4) is 23.0 Å². The average Bonchev–Trinajstić information content (AvgIpc) is 2.75. The van der Waals surface area contributed by atoms with Gasteiger partial charge in [-0.25, -0.2) is 0 Å². The Morgan fingerprint density at radius 2 is 1.33 bits per heavy atom. The fraction of sp³-hybridized carbons (Fsp3) is 0.261. The molecule has 0 aliphatic rings. The molecule has 0 aliphatic carbocycles. The summed E-state index contributed by atoms with van der Waals surface area (Å²) < 4.78 is 28.2. The zero-order chi connectivity index (χ0) is 21.9. The molecule has 1 radical (unpaired) electrons. The van der Waals surface area contributed by atoms with Crippen LogP contribution in [0.15, 0.2) is 61.7 Å². The molecule has 159 valence electrons. The average molecular weight is 428 g/mol. The van der Waals surface area contributed by atoms with Crippen LogP contribution >= 0.6 is 0 Å². The molecule has 7 heteroatoms. The molecule has 2 aromatic carbocycles. The fourth-order valence-corrected chi connectivity index (χ4v) is 3.74. The first kappa shape index (κ1) is 23.1. The number of hydrogen-bond donors (Lipinski definition) is 0. The summed E-state index contributed by atoms with van der Waals surface area (Å²) in [5.41, 5.74) is 2.04. The summed E-state index contributed by atoms with van der Waals surface area (Å²) in [6.45, 7) is 9.19. The SMILES string of the molecule is C=CCc1ccc(O[Si](OC(=O)CC)Oc2ccc(CC=C)cc2OC)c(OC)c1. The zero-order valence-electron chi connectivity index (χ0n) is 17.6. The summed E-state index contributed by atoms with van der Waals surface area (Å²) >= 11 is 0. The highest BCUT2D eigenvalue weighted by atomic mass is 28.3. The van der Waals surface area contributed by atoms with Gasteiger partial charge in [-0.1, -0.05) is 31.2 Å². The van der Waals surface area contributed by atoms with Crippen LogP contribution in [0.2, 0.25) is 0 Å². The van der Waals surface area contributed by atoms with Crippen molar-refractivity contribution >= 4 is 15.5 Å². The van der Waals surface area contributed by atoms with Gasteiger partial charge in [0.25, 0.3) is 5.97 Å². The molecular formula is C23H27O6Si. The van der Waals surface area contributed by atoms with E-state index in [1.54, 1.807) is 45.4 Å². The van der Waals surface area contributed by atoms with Crippen LogP contribution < -0.4 is 18.3 Å². The van der Waals surface area contributed by atoms with Gasteiger partial charge < -0.3 is 22.8 Å². The van der Waals surface area contributed by atoms with E-state index in [0.29, 0.717) is 35.8 Å². The molecule has 0 saturated heterocycles. The fourth-order valence-electron chi connectivity index (χ4n) is 2.59. The van der Waals surface area contributed by atoms with E-state index >= 15 is 0 Å². The monoisotopic (exact) mass is 427 g/mol. The van der Waals surface area contributed by atoms with Gasteiger partial charge in [0.1, 0.15) is 0 Å². The Bertz CT molecular complexity index is 816. The Hall–Kier alpha value is -3.19. The summed E-state index contributed by atoms with van der Waals surface area (Å²) in [7, 11) is 0.573. The maximum atomic E-state index is 11.9. The lowest BCUT2D eigenvalue weighted by Crippen LogP contribution is -2.36. The van der Waals surface area contributed by atoms with Crippen molar-refractivity contribution in [1.29, 1.82) is 0 Å². The molecule has 6 nitrogen and oxygen atoms in total. The van der Waals surface area contributed by atoms with E-state index in [1.165, 1.54) is 0 Å². The Kier molecular flexibility index (Phi) is 9.02. The molecule has 0 aliphatic heterocycles.